The first-order valence-corrected chi connectivity index (χ1v) is 7.51. The minimum atomic E-state index is 1.16. The summed E-state index contributed by atoms with van der Waals surface area (Å²) in [6.45, 7) is 0. The van der Waals surface area contributed by atoms with Crippen molar-refractivity contribution in [2.45, 2.75) is 0 Å². The van der Waals surface area contributed by atoms with E-state index in [4.69, 9.17) is 0 Å². The molecule has 0 unspecified atom stereocenters. The van der Waals surface area contributed by atoms with Gasteiger partial charge in [-0.2, -0.15) is 0 Å². The van der Waals surface area contributed by atoms with Crippen molar-refractivity contribution in [2.75, 3.05) is 5.32 Å². The molecule has 0 atom stereocenters. The molecule has 0 spiro atoms. The van der Waals surface area contributed by atoms with Gasteiger partial charge in [0.1, 0.15) is 0 Å². The normalized spacial score (nSPS) is 12.2. The number of nitrogens with one attached hydrogen (secondary N) is 1. The molecule has 2 heteroatoms. The topological polar surface area (TPSA) is 12.0 Å². The van der Waals surface area contributed by atoms with E-state index in [1.54, 1.807) is 11.3 Å². The summed E-state index contributed by atoms with van der Waals surface area (Å²) in [5.41, 5.74) is 6.28. The molecule has 1 aliphatic rings. The lowest BCUT2D eigenvalue weighted by atomic mass is 9.94. The van der Waals surface area contributed by atoms with E-state index < -0.39 is 0 Å². The standard InChI is InChI=1S/C18H13NS/c1-2-6-14-13(5-1)10-11-19-16-8-3-7-15(18(14)16)17-9-4-12-20-17/h1-12,19H. The van der Waals surface area contributed by atoms with Gasteiger partial charge in [-0.25, -0.2) is 0 Å². The van der Waals surface area contributed by atoms with Gasteiger partial charge in [-0.3, -0.25) is 0 Å². The van der Waals surface area contributed by atoms with Crippen LogP contribution in [0.15, 0.2) is 66.2 Å². The predicted octanol–water partition coefficient (Wildman–Crippen LogP) is 5.48. The minimum absolute atomic E-state index is 1.16. The van der Waals surface area contributed by atoms with Crippen molar-refractivity contribution < 1.29 is 0 Å². The Balaban J connectivity index is 2.06. The highest BCUT2D eigenvalue weighted by Gasteiger charge is 2.16. The lowest BCUT2D eigenvalue weighted by molar-refractivity contribution is 1.58. The van der Waals surface area contributed by atoms with E-state index in [1.165, 1.54) is 27.1 Å². The lowest BCUT2D eigenvalue weighted by Crippen LogP contribution is -1.91. The summed E-state index contributed by atoms with van der Waals surface area (Å²) >= 11 is 1.78. The molecule has 1 nitrogen and oxygen atoms in total. The Bertz CT molecular complexity index is 785. The Morgan fingerprint density at radius 1 is 0.800 bits per heavy atom. The largest absolute Gasteiger partial charge is 0.361 e. The fourth-order valence-corrected chi connectivity index (χ4v) is 3.45. The number of benzene rings is 2. The Labute approximate surface area is 122 Å². The minimum Gasteiger partial charge on any atom is -0.361 e. The fourth-order valence-electron chi connectivity index (χ4n) is 2.69. The molecule has 0 fully saturated rings. The molecule has 1 aliphatic heterocycles. The van der Waals surface area contributed by atoms with Crippen LogP contribution in [0.25, 0.3) is 27.6 Å². The van der Waals surface area contributed by atoms with E-state index in [0.717, 1.165) is 5.69 Å². The molecule has 0 aliphatic carbocycles. The number of hydrogen-bond donors (Lipinski definition) is 1. The van der Waals surface area contributed by atoms with Gasteiger partial charge in [0.25, 0.3) is 0 Å². The summed E-state index contributed by atoms with van der Waals surface area (Å²) in [6, 6.07) is 19.3. The van der Waals surface area contributed by atoms with Gasteiger partial charge in [0, 0.05) is 27.9 Å². The van der Waals surface area contributed by atoms with Crippen LogP contribution in [0.2, 0.25) is 0 Å². The van der Waals surface area contributed by atoms with E-state index in [1.807, 2.05) is 6.20 Å². The van der Waals surface area contributed by atoms with E-state index in [-0.39, 0.29) is 0 Å². The second kappa shape index (κ2) is 4.66. The molecule has 0 amide bonds. The van der Waals surface area contributed by atoms with Crippen LogP contribution in [0.3, 0.4) is 0 Å². The van der Waals surface area contributed by atoms with Crippen LogP contribution >= 0.6 is 11.3 Å². The third-order valence-electron chi connectivity index (χ3n) is 3.58. The zero-order chi connectivity index (χ0) is 13.4. The number of fused-ring (bicyclic) bond motifs is 3. The van der Waals surface area contributed by atoms with Gasteiger partial charge in [0.15, 0.2) is 0 Å². The molecular formula is C18H13NS. The Morgan fingerprint density at radius 3 is 2.60 bits per heavy atom. The molecule has 4 rings (SSSR count). The predicted molar refractivity (Wildman–Crippen MR) is 87.8 cm³/mol. The molecule has 96 valence electrons. The first-order valence-electron chi connectivity index (χ1n) is 6.63. The summed E-state index contributed by atoms with van der Waals surface area (Å²) in [5.74, 6) is 0. The summed E-state index contributed by atoms with van der Waals surface area (Å²) in [4.78, 5) is 1.31. The number of hydrogen-bond acceptors (Lipinski definition) is 2. The molecular weight excluding hydrogens is 262 g/mol. The summed E-state index contributed by atoms with van der Waals surface area (Å²) in [6.07, 6.45) is 4.15. The van der Waals surface area contributed by atoms with E-state index in [9.17, 15) is 0 Å². The van der Waals surface area contributed by atoms with Gasteiger partial charge < -0.3 is 5.32 Å². The van der Waals surface area contributed by atoms with Crippen LogP contribution in [-0.2, 0) is 0 Å². The molecule has 2 heterocycles. The molecule has 0 radical (unpaired) electrons. The van der Waals surface area contributed by atoms with Crippen molar-refractivity contribution in [3.05, 3.63) is 71.7 Å². The third kappa shape index (κ3) is 1.77. The summed E-state index contributed by atoms with van der Waals surface area (Å²) in [7, 11) is 0. The van der Waals surface area contributed by atoms with Crippen molar-refractivity contribution >= 4 is 23.1 Å². The van der Waals surface area contributed by atoms with Crippen molar-refractivity contribution in [2.24, 2.45) is 0 Å². The van der Waals surface area contributed by atoms with Gasteiger partial charge in [0.05, 0.1) is 0 Å². The fraction of sp³-hybridized carbons (Fsp3) is 0. The monoisotopic (exact) mass is 275 g/mol. The van der Waals surface area contributed by atoms with Crippen molar-refractivity contribution in [1.82, 2.24) is 0 Å². The Kier molecular flexibility index (Phi) is 2.68. The zero-order valence-corrected chi connectivity index (χ0v) is 11.7. The Hall–Kier alpha value is -2.32. The van der Waals surface area contributed by atoms with Crippen LogP contribution in [0, 0.1) is 0 Å². The average molecular weight is 275 g/mol. The van der Waals surface area contributed by atoms with Gasteiger partial charge >= 0.3 is 0 Å². The van der Waals surface area contributed by atoms with Gasteiger partial charge in [0.2, 0.25) is 0 Å². The first-order chi connectivity index (χ1) is 9.93. The zero-order valence-electron chi connectivity index (χ0n) is 10.8. The molecule has 0 bridgehead atoms. The molecule has 0 saturated heterocycles. The molecule has 0 saturated carbocycles. The maximum absolute atomic E-state index is 3.40. The van der Waals surface area contributed by atoms with Crippen LogP contribution in [-0.4, -0.2) is 0 Å². The maximum Gasteiger partial charge on any atom is 0.0466 e. The van der Waals surface area contributed by atoms with Crippen LogP contribution < -0.4 is 5.32 Å². The van der Waals surface area contributed by atoms with E-state index >= 15 is 0 Å². The number of rotatable bonds is 1. The number of anilines is 1. The van der Waals surface area contributed by atoms with Crippen LogP contribution in [0.5, 0.6) is 0 Å². The third-order valence-corrected chi connectivity index (χ3v) is 4.49. The molecule has 1 N–H and O–H groups in total. The molecule has 3 aromatic rings. The Morgan fingerprint density at radius 2 is 1.70 bits per heavy atom. The van der Waals surface area contributed by atoms with Crippen LogP contribution in [0.1, 0.15) is 5.56 Å². The lowest BCUT2D eigenvalue weighted by Gasteiger charge is -2.14. The first kappa shape index (κ1) is 11.5. The SMILES string of the molecule is C1=Cc2ccccc2-c2c(cccc2-c2cccs2)N1. The van der Waals surface area contributed by atoms with Crippen LogP contribution in [0.4, 0.5) is 5.69 Å². The van der Waals surface area contributed by atoms with Crippen molar-refractivity contribution in [3.63, 3.8) is 0 Å². The quantitative estimate of drug-likeness (QED) is 0.620. The highest BCUT2D eigenvalue weighted by molar-refractivity contribution is 7.13. The molecule has 1 aromatic heterocycles. The maximum atomic E-state index is 3.40. The van der Waals surface area contributed by atoms with Gasteiger partial charge in [-0.1, -0.05) is 42.5 Å². The average Bonchev–Trinajstić information content (AvgIpc) is 2.95. The highest BCUT2D eigenvalue weighted by Crippen LogP contribution is 2.42. The van der Waals surface area contributed by atoms with Crippen molar-refractivity contribution in [3.8, 4) is 21.6 Å². The van der Waals surface area contributed by atoms with Gasteiger partial charge in [-0.05, 0) is 34.7 Å². The summed E-state index contributed by atoms with van der Waals surface area (Å²) in [5, 5.41) is 5.53. The van der Waals surface area contributed by atoms with E-state index in [0.29, 0.717) is 0 Å². The molecule has 2 aromatic carbocycles. The van der Waals surface area contributed by atoms with E-state index in [2.05, 4.69) is 71.4 Å². The van der Waals surface area contributed by atoms with Crippen molar-refractivity contribution in [1.29, 1.82) is 0 Å². The number of thiophene rings is 1. The second-order valence-electron chi connectivity index (χ2n) is 4.77. The second-order valence-corrected chi connectivity index (χ2v) is 5.72. The molecule has 20 heavy (non-hydrogen) atoms. The highest BCUT2D eigenvalue weighted by atomic mass is 32.1. The van der Waals surface area contributed by atoms with Gasteiger partial charge in [-0.15, -0.1) is 11.3 Å². The smallest absolute Gasteiger partial charge is 0.0466 e. The summed E-state index contributed by atoms with van der Waals surface area (Å²) < 4.78 is 0.